The van der Waals surface area contributed by atoms with Gasteiger partial charge in [-0.05, 0) is 0 Å². The summed E-state index contributed by atoms with van der Waals surface area (Å²) in [5.41, 5.74) is 2.13. The Morgan fingerprint density at radius 1 is 0.510 bits per heavy atom. The Balaban J connectivity index is 1.68. The maximum atomic E-state index is 13.9. The van der Waals surface area contributed by atoms with Crippen LogP contribution in [0.2, 0.25) is 6.55 Å². The molecule has 0 saturated heterocycles. The van der Waals surface area contributed by atoms with Crippen molar-refractivity contribution in [2.75, 3.05) is 0 Å². The fourth-order valence-electron chi connectivity index (χ4n) is 8.30. The van der Waals surface area contributed by atoms with E-state index in [-0.39, 0.29) is 11.5 Å². The summed E-state index contributed by atoms with van der Waals surface area (Å²) in [6.45, 7) is 6.22. The second-order valence-corrected chi connectivity index (χ2v) is 36.4. The van der Waals surface area contributed by atoms with Gasteiger partial charge in [-0.1, -0.05) is 0 Å². The van der Waals surface area contributed by atoms with Gasteiger partial charge in [-0.25, -0.2) is 0 Å². The van der Waals surface area contributed by atoms with E-state index in [2.05, 4.69) is 18.7 Å². The van der Waals surface area contributed by atoms with E-state index in [1.807, 2.05) is 92.7 Å². The quantitative estimate of drug-likeness (QED) is 0.121. The van der Waals surface area contributed by atoms with Crippen LogP contribution in [0.5, 0.6) is 11.5 Å². The number of fused-ring (bicyclic) bond motifs is 2. The summed E-state index contributed by atoms with van der Waals surface area (Å²) < 4.78 is 97.8. The molecule has 5 aromatic rings. The fraction of sp³-hybridized carbons (Fsp3) is 0.171. The Bertz CT molecular complexity index is 2120. The number of alkyl halides is 6. The zero-order valence-corrected chi connectivity index (χ0v) is 31.5. The summed E-state index contributed by atoms with van der Waals surface area (Å²) >= 11 is -6.20. The summed E-state index contributed by atoms with van der Waals surface area (Å²) in [5, 5.41) is 0.987. The Kier molecular flexibility index (Phi) is 8.86. The van der Waals surface area contributed by atoms with Crippen LogP contribution in [0.25, 0.3) is 12.2 Å². The molecule has 10 heteroatoms. The number of rotatable bonds is 7. The van der Waals surface area contributed by atoms with Gasteiger partial charge < -0.3 is 0 Å². The molecule has 0 fully saturated rings. The zero-order chi connectivity index (χ0) is 36.2. The molecule has 2 aliphatic carbocycles. The van der Waals surface area contributed by atoms with E-state index in [0.717, 1.165) is 62.9 Å². The van der Waals surface area contributed by atoms with E-state index >= 15 is 0 Å². The molecule has 0 N–H and O–H groups in total. The topological polar surface area (TPSA) is 18.5 Å². The van der Waals surface area contributed by atoms with Gasteiger partial charge in [0.2, 0.25) is 0 Å². The third-order valence-electron chi connectivity index (χ3n) is 10.4. The van der Waals surface area contributed by atoms with E-state index in [1.54, 1.807) is 0 Å². The van der Waals surface area contributed by atoms with Crippen molar-refractivity contribution in [1.82, 2.24) is 0 Å². The molecule has 2 aliphatic rings. The second-order valence-electron chi connectivity index (χ2n) is 13.4. The SMILES string of the molecule is CC1=Cc2ccccc2[CH]1[Zr]([O]c1ccc(C(F)(F)F)cc1)([O]c1ccc(C(F)(F)F)cc1)([CH]1C(C)=Cc2ccccc21)=[Si](C)c1ccccc1. The molecule has 0 radical (unpaired) electrons. The maximum absolute atomic E-state index is 13.9. The number of hydrogen-bond donors (Lipinski definition) is 0. The van der Waals surface area contributed by atoms with E-state index in [1.165, 1.54) is 24.3 Å². The van der Waals surface area contributed by atoms with Gasteiger partial charge in [0.1, 0.15) is 0 Å². The fourth-order valence-corrected chi connectivity index (χ4v) is 44.7. The Hall–Kier alpha value is -4.14. The molecule has 0 aromatic heterocycles. The molecule has 0 heterocycles. The van der Waals surface area contributed by atoms with Crippen molar-refractivity contribution in [3.8, 4) is 11.5 Å². The molecular formula is C41H34F6O2SiZr. The third-order valence-corrected chi connectivity index (χ3v) is 43.1. The first-order chi connectivity index (χ1) is 24.2. The van der Waals surface area contributed by atoms with Crippen LogP contribution < -0.4 is 10.8 Å². The molecule has 7 rings (SSSR count). The van der Waals surface area contributed by atoms with Gasteiger partial charge in [0.15, 0.2) is 0 Å². The van der Waals surface area contributed by atoms with E-state index in [0.29, 0.717) is 0 Å². The van der Waals surface area contributed by atoms with Gasteiger partial charge in [-0.15, -0.1) is 0 Å². The van der Waals surface area contributed by atoms with E-state index in [9.17, 15) is 26.3 Å². The molecule has 5 aromatic carbocycles. The number of benzene rings is 5. The van der Waals surface area contributed by atoms with Gasteiger partial charge in [0, 0.05) is 0 Å². The normalized spacial score (nSPS) is 17.3. The minimum atomic E-state index is -6.20. The first kappa shape index (κ1) is 35.3. The first-order valence-corrected chi connectivity index (χ1v) is 27.1. The van der Waals surface area contributed by atoms with Crippen LogP contribution in [0.1, 0.15) is 54.5 Å². The predicted octanol–water partition coefficient (Wildman–Crippen LogP) is 11.5. The average molecular weight is 792 g/mol. The van der Waals surface area contributed by atoms with Gasteiger partial charge in [-0.2, -0.15) is 0 Å². The number of allylic oxidation sites excluding steroid dienone is 2. The third kappa shape index (κ3) is 5.94. The van der Waals surface area contributed by atoms with Gasteiger partial charge in [-0.3, -0.25) is 0 Å². The standard InChI is InChI=1S/2C10H9.2C7H5F3O.C7H8Si.Zr/c2*1-8-6-9-4-2-3-5-10(9)7-8;2*8-7(9,10)5-1-3-6(11)4-2-5;1-8-7-5-3-2-4-6-7;/h2*2-7H,1H3;2*1-4,11H;2-6H,1H3;/q;;;;;+2/p-2. The summed E-state index contributed by atoms with van der Waals surface area (Å²) in [6.07, 6.45) is -4.91. The van der Waals surface area contributed by atoms with Gasteiger partial charge in [0.25, 0.3) is 0 Å². The van der Waals surface area contributed by atoms with Crippen molar-refractivity contribution >= 4 is 22.8 Å². The molecule has 0 amide bonds. The first-order valence-electron chi connectivity index (χ1n) is 16.5. The Labute approximate surface area is 295 Å². The molecule has 260 valence electrons. The summed E-state index contributed by atoms with van der Waals surface area (Å²) in [5.74, 6) is 0.436. The molecule has 0 spiro atoms. The number of hydrogen-bond acceptors (Lipinski definition) is 2. The van der Waals surface area contributed by atoms with Crippen LogP contribution in [-0.2, 0) is 30.6 Å². The van der Waals surface area contributed by atoms with Crippen molar-refractivity contribution in [3.05, 3.63) is 172 Å². The minimum absolute atomic E-state index is 0.218. The Morgan fingerprint density at radius 3 is 1.27 bits per heavy atom. The average Bonchev–Trinajstić information content (AvgIpc) is 3.64. The molecule has 2 unspecified atom stereocenters. The molecule has 2 atom stereocenters. The van der Waals surface area contributed by atoms with Crippen LogP contribution in [0.15, 0.2) is 139 Å². The van der Waals surface area contributed by atoms with Crippen molar-refractivity contribution in [2.24, 2.45) is 0 Å². The molecular weight excluding hydrogens is 758 g/mol. The van der Waals surface area contributed by atoms with Crippen molar-refractivity contribution in [2.45, 2.75) is 40.0 Å². The van der Waals surface area contributed by atoms with Crippen LogP contribution in [0.3, 0.4) is 0 Å². The van der Waals surface area contributed by atoms with Crippen molar-refractivity contribution < 1.29 is 50.2 Å². The van der Waals surface area contributed by atoms with Crippen LogP contribution in [0, 0.1) is 0 Å². The van der Waals surface area contributed by atoms with E-state index < -0.39 is 54.4 Å². The van der Waals surface area contributed by atoms with E-state index in [4.69, 9.17) is 5.63 Å². The molecule has 2 nitrogen and oxygen atoms in total. The number of halogens is 6. The van der Waals surface area contributed by atoms with Crippen LogP contribution in [0.4, 0.5) is 26.3 Å². The van der Waals surface area contributed by atoms with Crippen molar-refractivity contribution in [1.29, 1.82) is 0 Å². The van der Waals surface area contributed by atoms with Gasteiger partial charge >= 0.3 is 296 Å². The van der Waals surface area contributed by atoms with Crippen LogP contribution >= 0.6 is 0 Å². The van der Waals surface area contributed by atoms with Crippen molar-refractivity contribution in [3.63, 3.8) is 0 Å². The molecule has 51 heavy (non-hydrogen) atoms. The predicted molar refractivity (Wildman–Crippen MR) is 188 cm³/mol. The monoisotopic (exact) mass is 790 g/mol. The molecule has 0 bridgehead atoms. The summed E-state index contributed by atoms with van der Waals surface area (Å²) in [4.78, 5) is 0. The zero-order valence-electron chi connectivity index (χ0n) is 28.0. The molecule has 0 saturated carbocycles. The van der Waals surface area contributed by atoms with Gasteiger partial charge in [0.05, 0.1) is 0 Å². The summed E-state index contributed by atoms with van der Waals surface area (Å²) in [6, 6.07) is 35.3. The molecule has 0 aliphatic heterocycles. The van der Waals surface area contributed by atoms with Crippen LogP contribution in [-0.4, -0.2) is 5.43 Å². The summed E-state index contributed by atoms with van der Waals surface area (Å²) in [7, 11) is 0. The second kappa shape index (κ2) is 12.8. The Morgan fingerprint density at radius 2 is 0.882 bits per heavy atom.